The molecule has 0 aliphatic carbocycles. The van der Waals surface area contributed by atoms with Crippen LogP contribution in [0.15, 0.2) is 18.6 Å². The monoisotopic (exact) mass is 313 g/mol. The van der Waals surface area contributed by atoms with Crippen LogP contribution in [-0.2, 0) is 18.3 Å². The number of hydrogen-bond acceptors (Lipinski definition) is 4. The van der Waals surface area contributed by atoms with Crippen molar-refractivity contribution >= 4 is 5.91 Å². The van der Waals surface area contributed by atoms with Crippen LogP contribution in [0.5, 0.6) is 0 Å². The van der Waals surface area contributed by atoms with E-state index in [-0.39, 0.29) is 5.91 Å². The average molecular weight is 313 g/mol. The van der Waals surface area contributed by atoms with E-state index >= 15 is 0 Å². The lowest BCUT2D eigenvalue weighted by Crippen LogP contribution is -2.40. The summed E-state index contributed by atoms with van der Waals surface area (Å²) < 4.78 is 1.85. The van der Waals surface area contributed by atoms with E-state index < -0.39 is 0 Å². The van der Waals surface area contributed by atoms with Gasteiger partial charge in [0.1, 0.15) is 6.33 Å². The molecule has 0 saturated carbocycles. The average Bonchev–Trinajstić information content (AvgIpc) is 2.82. The Bertz CT molecular complexity index is 695. The second-order valence-corrected chi connectivity index (χ2v) is 6.26. The molecule has 6 nitrogen and oxygen atoms in total. The van der Waals surface area contributed by atoms with E-state index in [4.69, 9.17) is 0 Å². The molecule has 3 heterocycles. The quantitative estimate of drug-likeness (QED) is 0.866. The number of aryl methyl sites for hydroxylation is 2. The van der Waals surface area contributed by atoms with E-state index in [2.05, 4.69) is 15.1 Å². The highest BCUT2D eigenvalue weighted by molar-refractivity contribution is 5.79. The first kappa shape index (κ1) is 15.6. The van der Waals surface area contributed by atoms with E-state index in [0.717, 1.165) is 48.6 Å². The Morgan fingerprint density at radius 1 is 1.39 bits per heavy atom. The van der Waals surface area contributed by atoms with Crippen LogP contribution < -0.4 is 0 Å². The molecule has 3 rings (SSSR count). The maximum absolute atomic E-state index is 12.7. The van der Waals surface area contributed by atoms with Crippen molar-refractivity contribution in [2.24, 2.45) is 7.05 Å². The Hall–Kier alpha value is -2.24. The van der Waals surface area contributed by atoms with E-state index in [0.29, 0.717) is 12.3 Å². The normalized spacial score (nSPS) is 18.2. The molecule has 6 heteroatoms. The van der Waals surface area contributed by atoms with Gasteiger partial charge in [-0.05, 0) is 32.8 Å². The van der Waals surface area contributed by atoms with Crippen molar-refractivity contribution in [3.63, 3.8) is 0 Å². The van der Waals surface area contributed by atoms with Crippen molar-refractivity contribution in [3.05, 3.63) is 41.2 Å². The van der Waals surface area contributed by atoms with Gasteiger partial charge in [-0.1, -0.05) is 0 Å². The number of nitrogens with zero attached hydrogens (tertiary/aromatic N) is 5. The minimum Gasteiger partial charge on any atom is -0.342 e. The van der Waals surface area contributed by atoms with Crippen LogP contribution in [0.25, 0.3) is 0 Å². The van der Waals surface area contributed by atoms with Crippen LogP contribution in [0.4, 0.5) is 0 Å². The summed E-state index contributed by atoms with van der Waals surface area (Å²) in [6.07, 6.45) is 5.88. The number of aromatic nitrogens is 4. The number of piperidine rings is 1. The van der Waals surface area contributed by atoms with Gasteiger partial charge in [-0.15, -0.1) is 0 Å². The van der Waals surface area contributed by atoms with Gasteiger partial charge in [0.05, 0.1) is 12.1 Å². The Morgan fingerprint density at radius 3 is 2.87 bits per heavy atom. The van der Waals surface area contributed by atoms with Crippen LogP contribution in [0.3, 0.4) is 0 Å². The SMILES string of the molecule is Cc1nn(C)c(C)c1CC(=O)N1CCC[C@H](c2ccncn2)C1. The molecule has 122 valence electrons. The fourth-order valence-electron chi connectivity index (χ4n) is 3.32. The highest BCUT2D eigenvalue weighted by Crippen LogP contribution is 2.26. The maximum atomic E-state index is 12.7. The molecule has 0 bridgehead atoms. The van der Waals surface area contributed by atoms with Crippen molar-refractivity contribution < 1.29 is 4.79 Å². The third kappa shape index (κ3) is 3.25. The van der Waals surface area contributed by atoms with Gasteiger partial charge in [0.2, 0.25) is 5.91 Å². The van der Waals surface area contributed by atoms with Crippen LogP contribution in [0, 0.1) is 13.8 Å². The molecule has 1 amide bonds. The molecule has 2 aromatic heterocycles. The highest BCUT2D eigenvalue weighted by Gasteiger charge is 2.26. The van der Waals surface area contributed by atoms with Gasteiger partial charge < -0.3 is 4.90 Å². The highest BCUT2D eigenvalue weighted by atomic mass is 16.2. The predicted molar refractivity (Wildman–Crippen MR) is 87.0 cm³/mol. The molecule has 1 aliphatic heterocycles. The number of hydrogen-bond donors (Lipinski definition) is 0. The van der Waals surface area contributed by atoms with Crippen LogP contribution >= 0.6 is 0 Å². The van der Waals surface area contributed by atoms with Crippen LogP contribution in [-0.4, -0.2) is 43.6 Å². The molecular formula is C17H23N5O. The molecule has 0 unspecified atom stereocenters. The summed E-state index contributed by atoms with van der Waals surface area (Å²) in [4.78, 5) is 23.0. The molecule has 1 saturated heterocycles. The molecule has 0 aromatic carbocycles. The van der Waals surface area contributed by atoms with E-state index in [1.165, 1.54) is 0 Å². The van der Waals surface area contributed by atoms with Crippen molar-refractivity contribution in [1.29, 1.82) is 0 Å². The van der Waals surface area contributed by atoms with E-state index in [1.54, 1.807) is 12.5 Å². The summed E-state index contributed by atoms with van der Waals surface area (Å²) in [5.74, 6) is 0.495. The zero-order valence-corrected chi connectivity index (χ0v) is 14.0. The molecule has 1 fully saturated rings. The first-order valence-electron chi connectivity index (χ1n) is 8.09. The van der Waals surface area contributed by atoms with Gasteiger partial charge in [-0.2, -0.15) is 5.10 Å². The van der Waals surface area contributed by atoms with Crippen molar-refractivity contribution in [2.75, 3.05) is 13.1 Å². The first-order chi connectivity index (χ1) is 11.1. The second kappa shape index (κ2) is 6.48. The summed E-state index contributed by atoms with van der Waals surface area (Å²) in [7, 11) is 1.92. The lowest BCUT2D eigenvalue weighted by Gasteiger charge is -2.32. The number of carbonyl (C=O) groups excluding carboxylic acids is 1. The van der Waals surface area contributed by atoms with Gasteiger partial charge in [0.15, 0.2) is 0 Å². The third-order valence-corrected chi connectivity index (χ3v) is 4.78. The molecule has 1 atom stereocenters. The number of amides is 1. The molecule has 1 aliphatic rings. The van der Waals surface area contributed by atoms with E-state index in [1.807, 2.05) is 36.5 Å². The standard InChI is InChI=1S/C17H23N5O/c1-12-15(13(2)21(3)20-12)9-17(23)22-8-4-5-14(10-22)16-6-7-18-11-19-16/h6-7,11,14H,4-5,8-10H2,1-3H3/t14-/m0/s1. The number of carbonyl (C=O) groups is 1. The minimum atomic E-state index is 0.183. The van der Waals surface area contributed by atoms with Gasteiger partial charge in [-0.3, -0.25) is 9.48 Å². The molecule has 0 N–H and O–H groups in total. The smallest absolute Gasteiger partial charge is 0.227 e. The fraction of sp³-hybridized carbons (Fsp3) is 0.529. The molecule has 23 heavy (non-hydrogen) atoms. The van der Waals surface area contributed by atoms with Gasteiger partial charge in [0.25, 0.3) is 0 Å². The largest absolute Gasteiger partial charge is 0.342 e. The lowest BCUT2D eigenvalue weighted by molar-refractivity contribution is -0.131. The summed E-state index contributed by atoms with van der Waals surface area (Å²) in [6, 6.07) is 1.95. The first-order valence-corrected chi connectivity index (χ1v) is 8.09. The predicted octanol–water partition coefficient (Wildman–Crippen LogP) is 1.78. The molecule has 0 spiro atoms. The summed E-state index contributed by atoms with van der Waals surface area (Å²) in [5.41, 5.74) is 4.11. The topological polar surface area (TPSA) is 63.9 Å². The molecular weight excluding hydrogens is 290 g/mol. The van der Waals surface area contributed by atoms with Crippen molar-refractivity contribution in [3.8, 4) is 0 Å². The molecule has 0 radical (unpaired) electrons. The van der Waals surface area contributed by atoms with Crippen molar-refractivity contribution in [1.82, 2.24) is 24.6 Å². The maximum Gasteiger partial charge on any atom is 0.227 e. The van der Waals surface area contributed by atoms with Gasteiger partial charge >= 0.3 is 0 Å². The summed E-state index contributed by atoms with van der Waals surface area (Å²) >= 11 is 0. The Kier molecular flexibility index (Phi) is 4.41. The van der Waals surface area contributed by atoms with Crippen LogP contribution in [0.1, 0.15) is 41.4 Å². The Labute approximate surface area is 136 Å². The van der Waals surface area contributed by atoms with E-state index in [9.17, 15) is 4.79 Å². The fourth-order valence-corrected chi connectivity index (χ4v) is 3.32. The zero-order valence-electron chi connectivity index (χ0n) is 14.0. The van der Waals surface area contributed by atoms with Gasteiger partial charge in [-0.25, -0.2) is 9.97 Å². The van der Waals surface area contributed by atoms with Crippen molar-refractivity contribution in [2.45, 2.75) is 39.0 Å². The Morgan fingerprint density at radius 2 is 2.22 bits per heavy atom. The van der Waals surface area contributed by atoms with Crippen LogP contribution in [0.2, 0.25) is 0 Å². The Balaban J connectivity index is 1.70. The zero-order chi connectivity index (χ0) is 16.4. The number of likely N-dealkylation sites (tertiary alicyclic amines) is 1. The second-order valence-electron chi connectivity index (χ2n) is 6.26. The summed E-state index contributed by atoms with van der Waals surface area (Å²) in [5, 5.41) is 4.40. The van der Waals surface area contributed by atoms with Gasteiger partial charge in [0, 0.05) is 49.2 Å². The number of rotatable bonds is 3. The minimum absolute atomic E-state index is 0.183. The summed E-state index contributed by atoms with van der Waals surface area (Å²) in [6.45, 7) is 5.56. The lowest BCUT2D eigenvalue weighted by atomic mass is 9.94. The molecule has 2 aromatic rings. The third-order valence-electron chi connectivity index (χ3n) is 4.78.